The van der Waals surface area contributed by atoms with Gasteiger partial charge in [0.15, 0.2) is 0 Å². The van der Waals surface area contributed by atoms with E-state index in [1.807, 2.05) is 131 Å². The number of thiol groups is 1. The molecule has 2 saturated heterocycles. The Bertz CT molecular complexity index is 2550. The third-order valence-electron chi connectivity index (χ3n) is 13.5. The number of thioether (sulfide) groups is 3. The van der Waals surface area contributed by atoms with Crippen LogP contribution in [0.2, 0.25) is 0 Å². The summed E-state index contributed by atoms with van der Waals surface area (Å²) in [5.74, 6) is -3.62. The molecular formula is C52H68F6K2N4O10S5. The summed E-state index contributed by atoms with van der Waals surface area (Å²) in [5.41, 5.74) is 3.86. The minimum absolute atomic E-state index is 0. The molecule has 14 nitrogen and oxygen atoms in total. The number of halogens is 6. The van der Waals surface area contributed by atoms with Crippen LogP contribution >= 0.6 is 47.9 Å². The van der Waals surface area contributed by atoms with Gasteiger partial charge in [-0.1, -0.05) is 84.9 Å². The summed E-state index contributed by atoms with van der Waals surface area (Å²) in [7, 11) is -3.93. The second-order valence-corrected chi connectivity index (χ2v) is 24.1. The fourth-order valence-electron chi connectivity index (χ4n) is 8.69. The van der Waals surface area contributed by atoms with E-state index in [4.69, 9.17) is 23.7 Å². The molecule has 0 radical (unpaired) electrons. The molecule has 27 heteroatoms. The standard InChI is InChI=1S/C25H31F3N2O2S2.C15H26F3NO5S2.C11H9NS.CH2O3.2K.H/c1-14-15(2)22(32-23(33-5)16(14)3)21(30-24(31)25(26,27)28)17(4)34-20-10-8-18(9-11-20)19-7-6-12-29-13-19;1-7-8(2)12(23-13(25-5)9(7)3)11(10(4)24-26(6,21)22)19-14(20)15(16,17)18;13-11-5-3-9(4-6-11)10-2-1-7-12-8-10;2-1-4-3;;;/h6-17,21-23H,1-5H3,(H,30,31);7-13H,1-6H3,(H,19,20);1-8,13H;1,3H;;;/q;;;;2*+1;-1/p-1/t14-,15?,16-,17+,21-,22+,23?;7-,8?,9-,10-,11-,12+,13?;;;;;/m11...../s1. The summed E-state index contributed by atoms with van der Waals surface area (Å²) in [4.78, 5) is 44.8. The van der Waals surface area contributed by atoms with E-state index in [0.29, 0.717) is 0 Å². The first-order valence-electron chi connectivity index (χ1n) is 24.1. The zero-order valence-electron chi connectivity index (χ0n) is 47.2. The fraction of sp³-hybridized carbons (Fsp3) is 0.519. The van der Waals surface area contributed by atoms with Crippen LogP contribution in [0, 0.1) is 35.5 Å². The number of alkyl halides is 6. The van der Waals surface area contributed by atoms with Crippen molar-refractivity contribution >= 4 is 76.3 Å². The molecule has 2 N–H and O–H groups in total. The van der Waals surface area contributed by atoms with E-state index in [9.17, 15) is 44.3 Å². The number of amides is 2. The number of pyridine rings is 2. The van der Waals surface area contributed by atoms with Gasteiger partial charge in [0.25, 0.3) is 16.6 Å². The molecule has 0 aliphatic carbocycles. The first-order valence-corrected chi connectivity index (χ1v) is 29.8. The van der Waals surface area contributed by atoms with E-state index < -0.39 is 64.7 Å². The van der Waals surface area contributed by atoms with E-state index >= 15 is 0 Å². The Morgan fingerprint density at radius 2 is 1.06 bits per heavy atom. The summed E-state index contributed by atoms with van der Waals surface area (Å²) >= 11 is 8.62. The molecular weight excluding hydrogens is 1190 g/mol. The Hall–Kier alpha value is -0.807. The van der Waals surface area contributed by atoms with Gasteiger partial charge in [0, 0.05) is 39.8 Å². The monoisotopic (exact) mass is 1260 g/mol. The smallest absolute Gasteiger partial charge is 1.00 e. The van der Waals surface area contributed by atoms with Crippen molar-refractivity contribution in [3.8, 4) is 22.3 Å². The molecule has 2 fully saturated rings. The maximum atomic E-state index is 13.2. The van der Waals surface area contributed by atoms with E-state index in [-0.39, 0.29) is 162 Å². The number of nitrogens with one attached hydrogen (secondary N) is 2. The molecule has 6 rings (SSSR count). The van der Waals surface area contributed by atoms with E-state index in [1.54, 1.807) is 30.4 Å². The van der Waals surface area contributed by atoms with E-state index in [1.165, 1.54) is 36.0 Å². The van der Waals surface area contributed by atoms with Crippen molar-refractivity contribution in [3.63, 3.8) is 0 Å². The van der Waals surface area contributed by atoms with Crippen LogP contribution in [0.25, 0.3) is 22.3 Å². The quantitative estimate of drug-likeness (QED) is 0.0223. The molecule has 2 amide bonds. The van der Waals surface area contributed by atoms with Crippen LogP contribution in [-0.4, -0.2) is 114 Å². The van der Waals surface area contributed by atoms with Crippen molar-refractivity contribution in [2.75, 3.05) is 18.8 Å². The molecule has 2 aliphatic heterocycles. The summed E-state index contributed by atoms with van der Waals surface area (Å²) < 4.78 is 118. The Labute approximate surface area is 564 Å². The first-order chi connectivity index (χ1) is 36.0. The van der Waals surface area contributed by atoms with Crippen molar-refractivity contribution in [1.29, 1.82) is 0 Å². The normalized spacial score (nSPS) is 24.3. The van der Waals surface area contributed by atoms with Crippen LogP contribution < -0.4 is 119 Å². The molecule has 0 saturated carbocycles. The van der Waals surface area contributed by atoms with Crippen LogP contribution in [0.5, 0.6) is 0 Å². The van der Waals surface area contributed by atoms with Gasteiger partial charge in [0.2, 0.25) is 0 Å². The summed E-state index contributed by atoms with van der Waals surface area (Å²) in [6.07, 6.45) is -0.978. The van der Waals surface area contributed by atoms with Crippen molar-refractivity contribution in [2.24, 2.45) is 35.5 Å². The number of nitrogens with zero attached hydrogens (tertiary/aromatic N) is 2. The molecule has 2 aromatic carbocycles. The van der Waals surface area contributed by atoms with Gasteiger partial charge in [-0.15, -0.1) is 47.9 Å². The molecule has 0 spiro atoms. The van der Waals surface area contributed by atoms with Crippen LogP contribution in [0.1, 0.15) is 56.8 Å². The van der Waals surface area contributed by atoms with Gasteiger partial charge >= 0.3 is 127 Å². The number of hydrogen-bond donors (Lipinski definition) is 3. The summed E-state index contributed by atoms with van der Waals surface area (Å²) in [5, 5.41) is 12.2. The van der Waals surface area contributed by atoms with E-state index in [0.717, 1.165) is 32.7 Å². The predicted molar refractivity (Wildman–Crippen MR) is 291 cm³/mol. The van der Waals surface area contributed by atoms with Crippen LogP contribution in [-0.2, 0) is 43.0 Å². The third kappa shape index (κ3) is 24.6. The maximum absolute atomic E-state index is 13.2. The number of ether oxygens (including phenoxy) is 2. The topological polar surface area (TPSA) is 195 Å². The Morgan fingerprint density at radius 3 is 1.41 bits per heavy atom. The predicted octanol–water partition coefficient (Wildman–Crippen LogP) is 4.26. The van der Waals surface area contributed by atoms with Crippen molar-refractivity contribution in [3.05, 3.63) is 97.6 Å². The molecule has 79 heavy (non-hydrogen) atoms. The number of carbonyl (C=O) groups is 3. The summed E-state index contributed by atoms with van der Waals surface area (Å²) in [6.45, 7) is 14.9. The molecule has 4 aromatic rings. The van der Waals surface area contributed by atoms with Gasteiger partial charge in [-0.3, -0.25) is 28.5 Å². The molecule has 2 aromatic heterocycles. The van der Waals surface area contributed by atoms with Gasteiger partial charge in [-0.2, -0.15) is 34.8 Å². The maximum Gasteiger partial charge on any atom is 1.00 e. The minimum atomic E-state index is -5.10. The second-order valence-electron chi connectivity index (χ2n) is 18.6. The third-order valence-corrected chi connectivity index (χ3v) is 17.7. The van der Waals surface area contributed by atoms with Crippen molar-refractivity contribution in [2.45, 2.75) is 124 Å². The Kier molecular flexibility index (Phi) is 35.0. The zero-order valence-corrected chi connectivity index (χ0v) is 56.6. The Balaban J connectivity index is 0.00000119. The number of carbonyl (C=O) groups excluding carboxylic acids is 3. The largest absolute Gasteiger partial charge is 1.00 e. The molecule has 14 atom stereocenters. The number of rotatable bonds is 15. The van der Waals surface area contributed by atoms with Crippen molar-refractivity contribution in [1.82, 2.24) is 20.6 Å². The van der Waals surface area contributed by atoms with E-state index in [2.05, 4.69) is 46.6 Å². The van der Waals surface area contributed by atoms with Crippen LogP contribution in [0.4, 0.5) is 26.3 Å². The number of benzene rings is 2. The van der Waals surface area contributed by atoms with Gasteiger partial charge in [-0.25, -0.2) is 0 Å². The van der Waals surface area contributed by atoms with Crippen LogP contribution in [0.3, 0.4) is 0 Å². The fourth-order valence-corrected chi connectivity index (χ4v) is 12.4. The molecule has 430 valence electrons. The average Bonchev–Trinajstić information content (AvgIpc) is 3.39. The summed E-state index contributed by atoms with van der Waals surface area (Å²) in [6, 6.07) is 21.6. The average molecular weight is 1260 g/mol. The molecule has 0 bridgehead atoms. The Morgan fingerprint density at radius 1 is 0.684 bits per heavy atom. The van der Waals surface area contributed by atoms with Crippen molar-refractivity contribution < 1.29 is 177 Å². The molecule has 4 unspecified atom stereocenters. The first kappa shape index (κ1) is 76.2. The SMILES string of the molecule is CSC1O[C@H]([C@H](NC(=O)C(F)(F)F)[C@@H](C)OS(C)(=O)=O)C(C)[C@@H](C)[C@H]1C.CSC1O[C@H]([C@H](NC(=O)C(F)(F)F)[C@H](C)Sc2ccc(-c3cccnc3)cc2)C(C)[C@@H](C)[C@H]1C.O=CO[O-].Sc1ccc(-c2cccnc2)cc1.[H-].[K+].[K+]. The second kappa shape index (κ2) is 36.2. The van der Waals surface area contributed by atoms with Gasteiger partial charge in [-0.05, 0) is 114 Å². The van der Waals surface area contributed by atoms with Crippen LogP contribution in [0.15, 0.2) is 107 Å². The number of hydrogen-bond acceptors (Lipinski definition) is 16. The van der Waals surface area contributed by atoms with Gasteiger partial charge in [0.05, 0.1) is 36.7 Å². The molecule has 4 heterocycles. The minimum Gasteiger partial charge on any atom is -1.00 e. The zero-order chi connectivity index (χ0) is 58.0. The van der Waals surface area contributed by atoms with Gasteiger partial charge in [0.1, 0.15) is 10.9 Å². The van der Waals surface area contributed by atoms with Gasteiger partial charge < -0.3 is 31.7 Å². The number of aromatic nitrogens is 2. The molecule has 2 aliphatic rings.